The van der Waals surface area contributed by atoms with Crippen molar-refractivity contribution in [1.82, 2.24) is 10.6 Å². The molecule has 2 rings (SSSR count). The lowest BCUT2D eigenvalue weighted by Gasteiger charge is -2.23. The van der Waals surface area contributed by atoms with Crippen molar-refractivity contribution in [2.24, 2.45) is 0 Å². The highest BCUT2D eigenvalue weighted by Crippen LogP contribution is 2.17. The summed E-state index contributed by atoms with van der Waals surface area (Å²) in [6.45, 7) is 2.44. The van der Waals surface area contributed by atoms with Gasteiger partial charge in [0.2, 0.25) is 0 Å². The normalized spacial score (nSPS) is 23.0. The zero-order chi connectivity index (χ0) is 9.10. The third kappa shape index (κ3) is 1.87. The number of hydrogen-bond donors (Lipinski definition) is 1. The molecular formula is C10H12FN2. The van der Waals surface area contributed by atoms with Gasteiger partial charge in [-0.25, -0.2) is 9.71 Å². The minimum atomic E-state index is -0.153. The van der Waals surface area contributed by atoms with E-state index in [1.165, 1.54) is 6.07 Å². The van der Waals surface area contributed by atoms with Crippen molar-refractivity contribution in [1.29, 1.82) is 0 Å². The topological polar surface area (TPSA) is 26.1 Å². The summed E-state index contributed by atoms with van der Waals surface area (Å²) in [5, 5.41) is 7.56. The van der Waals surface area contributed by atoms with E-state index in [9.17, 15) is 4.39 Å². The second-order valence-electron chi connectivity index (χ2n) is 3.15. The lowest BCUT2D eigenvalue weighted by molar-refractivity contribution is 0.409. The van der Waals surface area contributed by atoms with Crippen LogP contribution in [-0.4, -0.2) is 19.6 Å². The van der Waals surface area contributed by atoms with Crippen LogP contribution < -0.4 is 10.6 Å². The van der Waals surface area contributed by atoms with Gasteiger partial charge in [0, 0.05) is 25.2 Å². The average Bonchev–Trinajstić information content (AvgIpc) is 2.20. The van der Waals surface area contributed by atoms with Crippen molar-refractivity contribution < 1.29 is 4.39 Å². The van der Waals surface area contributed by atoms with Gasteiger partial charge in [-0.15, -0.1) is 0 Å². The minimum Gasteiger partial charge on any atom is -0.313 e. The molecule has 3 heteroatoms. The van der Waals surface area contributed by atoms with E-state index in [0.29, 0.717) is 5.56 Å². The smallest absolute Gasteiger partial charge is 0.128 e. The fourth-order valence-corrected chi connectivity index (χ4v) is 1.56. The summed E-state index contributed by atoms with van der Waals surface area (Å²) in [4.78, 5) is 0. The Kier molecular flexibility index (Phi) is 2.57. The third-order valence-corrected chi connectivity index (χ3v) is 2.24. The van der Waals surface area contributed by atoms with E-state index in [-0.39, 0.29) is 11.9 Å². The third-order valence-electron chi connectivity index (χ3n) is 2.24. The van der Waals surface area contributed by atoms with Crippen LogP contribution in [0.4, 0.5) is 4.39 Å². The van der Waals surface area contributed by atoms with Crippen molar-refractivity contribution >= 4 is 0 Å². The van der Waals surface area contributed by atoms with E-state index >= 15 is 0 Å². The van der Waals surface area contributed by atoms with E-state index in [1.54, 1.807) is 12.1 Å². The number of nitrogens with one attached hydrogen (secondary N) is 1. The molecule has 1 aromatic carbocycles. The molecule has 1 N–H and O–H groups in total. The van der Waals surface area contributed by atoms with Crippen LogP contribution in [0.15, 0.2) is 24.3 Å². The molecule has 1 aliphatic rings. The largest absolute Gasteiger partial charge is 0.313 e. The zero-order valence-corrected chi connectivity index (χ0v) is 7.33. The Morgan fingerprint density at radius 3 is 2.92 bits per heavy atom. The zero-order valence-electron chi connectivity index (χ0n) is 7.33. The van der Waals surface area contributed by atoms with Gasteiger partial charge < -0.3 is 5.32 Å². The van der Waals surface area contributed by atoms with Crippen LogP contribution in [0, 0.1) is 5.82 Å². The maximum atomic E-state index is 13.3. The number of benzene rings is 1. The molecule has 13 heavy (non-hydrogen) atoms. The molecule has 0 aliphatic carbocycles. The Hall–Kier alpha value is -0.930. The van der Waals surface area contributed by atoms with E-state index in [2.05, 4.69) is 10.6 Å². The minimum absolute atomic E-state index is 0.00468. The monoisotopic (exact) mass is 179 g/mol. The van der Waals surface area contributed by atoms with Gasteiger partial charge in [0.1, 0.15) is 5.82 Å². The van der Waals surface area contributed by atoms with Gasteiger partial charge in [-0.1, -0.05) is 18.2 Å². The van der Waals surface area contributed by atoms with Crippen molar-refractivity contribution in [3.05, 3.63) is 35.6 Å². The molecule has 0 bridgehead atoms. The highest BCUT2D eigenvalue weighted by atomic mass is 19.1. The van der Waals surface area contributed by atoms with Crippen LogP contribution in [-0.2, 0) is 0 Å². The van der Waals surface area contributed by atoms with Crippen LogP contribution in [0.25, 0.3) is 0 Å². The predicted molar refractivity (Wildman–Crippen MR) is 49.0 cm³/mol. The van der Waals surface area contributed by atoms with Crippen molar-refractivity contribution in [2.75, 3.05) is 19.6 Å². The number of hydrogen-bond acceptors (Lipinski definition) is 1. The summed E-state index contributed by atoms with van der Waals surface area (Å²) >= 11 is 0. The first-order chi connectivity index (χ1) is 6.38. The van der Waals surface area contributed by atoms with Gasteiger partial charge in [-0.05, 0) is 6.07 Å². The molecule has 1 heterocycles. The first-order valence-electron chi connectivity index (χ1n) is 4.49. The molecule has 0 aromatic heterocycles. The van der Waals surface area contributed by atoms with Crippen molar-refractivity contribution in [2.45, 2.75) is 6.04 Å². The predicted octanol–water partition coefficient (Wildman–Crippen LogP) is 1.07. The molecule has 1 unspecified atom stereocenters. The van der Waals surface area contributed by atoms with Crippen molar-refractivity contribution in [3.8, 4) is 0 Å². The lowest BCUT2D eigenvalue weighted by Crippen LogP contribution is -2.38. The lowest BCUT2D eigenvalue weighted by atomic mass is 10.1. The molecule has 2 nitrogen and oxygen atoms in total. The summed E-state index contributed by atoms with van der Waals surface area (Å²) in [6, 6.07) is 6.84. The van der Waals surface area contributed by atoms with Gasteiger partial charge >= 0.3 is 0 Å². The summed E-state index contributed by atoms with van der Waals surface area (Å²) in [7, 11) is 0. The van der Waals surface area contributed by atoms with Crippen LogP contribution in [0.2, 0.25) is 0 Å². The molecule has 1 radical (unpaired) electrons. The first-order valence-corrected chi connectivity index (χ1v) is 4.49. The van der Waals surface area contributed by atoms with E-state index in [1.807, 2.05) is 6.07 Å². The fourth-order valence-electron chi connectivity index (χ4n) is 1.56. The Morgan fingerprint density at radius 1 is 1.38 bits per heavy atom. The molecule has 0 amide bonds. The first kappa shape index (κ1) is 8.66. The van der Waals surface area contributed by atoms with Crippen LogP contribution in [0.3, 0.4) is 0 Å². The Morgan fingerprint density at radius 2 is 2.23 bits per heavy atom. The second-order valence-corrected chi connectivity index (χ2v) is 3.15. The summed E-state index contributed by atoms with van der Waals surface area (Å²) in [5.41, 5.74) is 0.703. The summed E-state index contributed by atoms with van der Waals surface area (Å²) < 4.78 is 13.3. The SMILES string of the molecule is Fc1ccccc1C1CNCC[N]1. The van der Waals surface area contributed by atoms with E-state index in [4.69, 9.17) is 0 Å². The number of halogens is 1. The summed E-state index contributed by atoms with van der Waals surface area (Å²) in [6.07, 6.45) is 0. The molecule has 1 aliphatic heterocycles. The molecule has 0 saturated carbocycles. The van der Waals surface area contributed by atoms with Crippen molar-refractivity contribution in [3.63, 3.8) is 0 Å². The fraction of sp³-hybridized carbons (Fsp3) is 0.400. The second kappa shape index (κ2) is 3.85. The van der Waals surface area contributed by atoms with Gasteiger partial charge in [-0.3, -0.25) is 0 Å². The van der Waals surface area contributed by atoms with E-state index in [0.717, 1.165) is 19.6 Å². The van der Waals surface area contributed by atoms with E-state index < -0.39 is 0 Å². The number of nitrogens with zero attached hydrogens (tertiary/aromatic N) is 1. The van der Waals surface area contributed by atoms with Gasteiger partial charge in [-0.2, -0.15) is 0 Å². The molecular weight excluding hydrogens is 167 g/mol. The highest BCUT2D eigenvalue weighted by Gasteiger charge is 2.17. The number of rotatable bonds is 1. The molecule has 1 saturated heterocycles. The Labute approximate surface area is 77.2 Å². The maximum absolute atomic E-state index is 13.3. The van der Waals surface area contributed by atoms with Gasteiger partial charge in [0.05, 0.1) is 6.04 Å². The van der Waals surface area contributed by atoms with Crippen LogP contribution in [0.1, 0.15) is 11.6 Å². The molecule has 0 spiro atoms. The highest BCUT2D eigenvalue weighted by molar-refractivity contribution is 5.21. The molecule has 69 valence electrons. The van der Waals surface area contributed by atoms with Crippen LogP contribution >= 0.6 is 0 Å². The molecule has 1 aromatic rings. The van der Waals surface area contributed by atoms with Crippen LogP contribution in [0.5, 0.6) is 0 Å². The number of piperazine rings is 1. The molecule has 1 fully saturated rings. The molecule has 1 atom stereocenters. The average molecular weight is 179 g/mol. The Bertz CT molecular complexity index is 282. The Balaban J connectivity index is 2.18. The standard InChI is InChI=1S/C10H12FN2/c11-9-4-2-1-3-8(9)10-7-12-5-6-13-10/h1-4,10,12H,5-7H2. The summed E-state index contributed by atoms with van der Waals surface area (Å²) in [5.74, 6) is -0.153. The quantitative estimate of drug-likeness (QED) is 0.685. The maximum Gasteiger partial charge on any atom is 0.128 e. The van der Waals surface area contributed by atoms with Gasteiger partial charge in [0.25, 0.3) is 0 Å². The van der Waals surface area contributed by atoms with Gasteiger partial charge in [0.15, 0.2) is 0 Å².